The minimum absolute atomic E-state index is 0.0185. The zero-order chi connectivity index (χ0) is 44.6. The molecule has 0 bridgehead atoms. The first-order valence-electron chi connectivity index (χ1n) is 19.9. The van der Waals surface area contributed by atoms with Gasteiger partial charge in [0.1, 0.15) is 28.9 Å². The number of benzene rings is 2. The van der Waals surface area contributed by atoms with Crippen LogP contribution in [0.5, 0.6) is 0 Å². The lowest BCUT2D eigenvalue weighted by molar-refractivity contribution is -0.160. The smallest absolute Gasteiger partial charge is 0.329 e. The topological polar surface area (TPSA) is 194 Å². The number of nitrogens with one attached hydrogen (secondary N) is 3. The Morgan fingerprint density at radius 3 is 2.02 bits per heavy atom. The minimum Gasteiger partial charge on any atom is -0.460 e. The predicted molar refractivity (Wildman–Crippen MR) is 223 cm³/mol. The van der Waals surface area contributed by atoms with E-state index in [1.165, 1.54) is 6.07 Å². The first-order valence-corrected chi connectivity index (χ1v) is 19.9. The Balaban J connectivity index is 0.00000286. The summed E-state index contributed by atoms with van der Waals surface area (Å²) in [4.78, 5) is 50.9. The maximum Gasteiger partial charge on any atom is 0.329 e. The third-order valence-corrected chi connectivity index (χ3v) is 8.50. The fourth-order valence-corrected chi connectivity index (χ4v) is 5.90. The molecule has 3 atom stereocenters. The van der Waals surface area contributed by atoms with E-state index >= 15 is 0 Å². The van der Waals surface area contributed by atoms with Crippen molar-refractivity contribution in [2.75, 3.05) is 26.3 Å². The van der Waals surface area contributed by atoms with E-state index in [2.05, 4.69) is 36.7 Å². The van der Waals surface area contributed by atoms with E-state index in [1.807, 2.05) is 47.2 Å². The molecular weight excluding hydrogens is 765 g/mol. The molecule has 0 spiro atoms. The molecule has 3 aromatic rings. The van der Waals surface area contributed by atoms with Crippen molar-refractivity contribution in [3.63, 3.8) is 0 Å². The van der Waals surface area contributed by atoms with Crippen molar-refractivity contribution in [3.05, 3.63) is 83.7 Å². The third kappa shape index (κ3) is 18.8. The van der Waals surface area contributed by atoms with Crippen LogP contribution in [-0.4, -0.2) is 88.1 Å². The molecule has 7 N–H and O–H groups in total. The molecule has 2 amide bonds. The Morgan fingerprint density at radius 2 is 1.44 bits per heavy atom. The number of amides is 2. The van der Waals surface area contributed by atoms with Crippen molar-refractivity contribution in [3.8, 4) is 11.1 Å². The summed E-state index contributed by atoms with van der Waals surface area (Å²) in [5.41, 5.74) is 7.01. The summed E-state index contributed by atoms with van der Waals surface area (Å²) < 4.78 is 41.9. The molecule has 0 fully saturated rings. The molecule has 0 unspecified atom stereocenters. The Bertz CT molecular complexity index is 1800. The van der Waals surface area contributed by atoms with Gasteiger partial charge in [-0.05, 0) is 96.2 Å². The zero-order valence-electron chi connectivity index (χ0n) is 36.0. The molecule has 3 rings (SSSR count). The fourth-order valence-electron chi connectivity index (χ4n) is 5.90. The lowest BCUT2D eigenvalue weighted by Crippen LogP contribution is -2.46. The van der Waals surface area contributed by atoms with Gasteiger partial charge in [0.15, 0.2) is 0 Å². The number of nitrogens with two attached hydrogens (primary N) is 1. The van der Waals surface area contributed by atoms with Crippen LogP contribution >= 0.6 is 0 Å². The van der Waals surface area contributed by atoms with Crippen molar-refractivity contribution >= 4 is 23.8 Å². The van der Waals surface area contributed by atoms with E-state index in [0.717, 1.165) is 23.4 Å². The van der Waals surface area contributed by atoms with Gasteiger partial charge in [-0.2, -0.15) is 0 Å². The molecule has 0 saturated carbocycles. The van der Waals surface area contributed by atoms with Crippen LogP contribution in [0.1, 0.15) is 105 Å². The lowest BCUT2D eigenvalue weighted by atomic mass is 9.84. The summed E-state index contributed by atoms with van der Waals surface area (Å²) in [6, 6.07) is 12.8. The van der Waals surface area contributed by atoms with Crippen LogP contribution in [0.15, 0.2) is 60.8 Å². The molecule has 1 heterocycles. The number of nitrogens with zero attached hydrogens (tertiary/aromatic N) is 1. The number of carbonyl (C=O) groups excluding carboxylic acids is 4. The number of hydrogen-bond donors (Lipinski definition) is 6. The number of halogens is 2. The molecule has 0 aliphatic rings. The van der Waals surface area contributed by atoms with Crippen molar-refractivity contribution in [2.24, 2.45) is 11.1 Å². The SMILES string of the molecule is CC(C)(C)OC(=O)CC[C@@H](NC(=O)CCNC(=O)[C@@H](N)CCN[C@@H](c1cc(-c2cc(F)ccc2F)cn1Cc1ccccc1)C(C)(C)C)C(=O)OC(C)(C)C.OCCO. The highest BCUT2D eigenvalue weighted by Gasteiger charge is 2.31. The predicted octanol–water partition coefficient (Wildman–Crippen LogP) is 5.30. The largest absolute Gasteiger partial charge is 0.460 e. The van der Waals surface area contributed by atoms with Gasteiger partial charge in [0.05, 0.1) is 25.3 Å². The standard InChI is InChI=1S/C42H59F2N5O6.C2H6O2/c1-40(2,3)37(34-23-28(30-24-29(43)15-16-31(30)44)26-49(34)25-27-13-11-10-12-14-27)46-21-19-32(45)38(52)47-22-20-35(50)48-33(39(53)55-42(7,8)9)17-18-36(51)54-41(4,5)6;3-1-2-4/h10-16,23-24,26,32-33,37,46H,17-22,25,45H2,1-9H3,(H,47,52)(H,48,50);3-4H,1-2H2/t32-,33+,37-;/m0./s1. The normalized spacial score (nSPS) is 13.3. The number of esters is 2. The van der Waals surface area contributed by atoms with Crippen molar-refractivity contribution in [2.45, 2.75) is 124 Å². The second-order valence-corrected chi connectivity index (χ2v) is 17.3. The number of hydrogen-bond acceptors (Lipinski definition) is 10. The van der Waals surface area contributed by atoms with Gasteiger partial charge in [0.2, 0.25) is 11.8 Å². The Labute approximate surface area is 347 Å². The van der Waals surface area contributed by atoms with Crippen molar-refractivity contribution < 1.29 is 47.6 Å². The van der Waals surface area contributed by atoms with Crippen LogP contribution in [0, 0.1) is 17.0 Å². The number of ether oxygens (including phenoxy) is 2. The first kappa shape index (κ1) is 50.4. The lowest BCUT2D eigenvalue weighted by Gasteiger charge is -2.33. The van der Waals surface area contributed by atoms with E-state index < -0.39 is 58.7 Å². The van der Waals surface area contributed by atoms with Gasteiger partial charge in [-0.15, -0.1) is 0 Å². The molecule has 0 aliphatic heterocycles. The highest BCUT2D eigenvalue weighted by molar-refractivity contribution is 5.86. The average molecular weight is 830 g/mol. The first-order chi connectivity index (χ1) is 27.4. The Hall–Kier alpha value is -4.70. The van der Waals surface area contributed by atoms with E-state index in [4.69, 9.17) is 25.4 Å². The molecule has 0 radical (unpaired) electrons. The number of rotatable bonds is 18. The summed E-state index contributed by atoms with van der Waals surface area (Å²) >= 11 is 0. The summed E-state index contributed by atoms with van der Waals surface area (Å²) in [5, 5.41) is 24.1. The van der Waals surface area contributed by atoms with Gasteiger partial charge in [-0.1, -0.05) is 51.1 Å². The van der Waals surface area contributed by atoms with Crippen molar-refractivity contribution in [1.82, 2.24) is 20.5 Å². The van der Waals surface area contributed by atoms with Gasteiger partial charge in [-0.25, -0.2) is 13.6 Å². The van der Waals surface area contributed by atoms with Gasteiger partial charge >= 0.3 is 11.9 Å². The number of aliphatic hydroxyl groups is 2. The fraction of sp³-hybridized carbons (Fsp3) is 0.545. The molecule has 2 aromatic carbocycles. The molecule has 0 aliphatic carbocycles. The summed E-state index contributed by atoms with van der Waals surface area (Å²) in [6.45, 7) is 17.1. The van der Waals surface area contributed by atoms with Crippen LogP contribution in [-0.2, 0) is 35.2 Å². The molecule has 0 saturated heterocycles. The van der Waals surface area contributed by atoms with Crippen LogP contribution in [0.2, 0.25) is 0 Å². The van der Waals surface area contributed by atoms with Crippen LogP contribution in [0.4, 0.5) is 8.78 Å². The van der Waals surface area contributed by atoms with Crippen LogP contribution in [0.25, 0.3) is 11.1 Å². The van der Waals surface area contributed by atoms with E-state index in [9.17, 15) is 28.0 Å². The summed E-state index contributed by atoms with van der Waals surface area (Å²) in [7, 11) is 0. The number of aliphatic hydroxyl groups excluding tert-OH is 2. The maximum atomic E-state index is 14.9. The van der Waals surface area contributed by atoms with E-state index in [0.29, 0.717) is 18.7 Å². The molecule has 13 nitrogen and oxygen atoms in total. The van der Waals surface area contributed by atoms with Crippen LogP contribution < -0.4 is 21.7 Å². The number of aromatic nitrogens is 1. The van der Waals surface area contributed by atoms with E-state index in [-0.39, 0.29) is 62.5 Å². The van der Waals surface area contributed by atoms with Gasteiger partial charge in [-0.3, -0.25) is 14.4 Å². The second kappa shape index (κ2) is 23.2. The Kier molecular flexibility index (Phi) is 19.8. The van der Waals surface area contributed by atoms with Gasteiger partial charge < -0.3 is 45.9 Å². The summed E-state index contributed by atoms with van der Waals surface area (Å²) in [6.07, 6.45) is 1.83. The zero-order valence-corrected chi connectivity index (χ0v) is 36.0. The summed E-state index contributed by atoms with van der Waals surface area (Å²) in [5.74, 6) is -3.22. The van der Waals surface area contributed by atoms with Crippen molar-refractivity contribution in [1.29, 1.82) is 0 Å². The molecular formula is C44H65F2N5O8. The third-order valence-electron chi connectivity index (χ3n) is 8.50. The van der Waals surface area contributed by atoms with Gasteiger partial charge in [0.25, 0.3) is 0 Å². The highest BCUT2D eigenvalue weighted by atomic mass is 19.1. The monoisotopic (exact) mass is 829 g/mol. The minimum atomic E-state index is -1.09. The second-order valence-electron chi connectivity index (χ2n) is 17.3. The van der Waals surface area contributed by atoms with Crippen LogP contribution in [0.3, 0.4) is 0 Å². The highest BCUT2D eigenvalue weighted by Crippen LogP contribution is 2.37. The Morgan fingerprint density at radius 1 is 0.814 bits per heavy atom. The molecule has 1 aromatic heterocycles. The molecule has 328 valence electrons. The quantitative estimate of drug-likeness (QED) is 0.0917. The van der Waals surface area contributed by atoms with E-state index in [1.54, 1.807) is 41.5 Å². The molecule has 15 heteroatoms. The molecule has 59 heavy (non-hydrogen) atoms. The van der Waals surface area contributed by atoms with Gasteiger partial charge in [0, 0.05) is 48.9 Å². The maximum absolute atomic E-state index is 14.9. The average Bonchev–Trinajstić information content (AvgIpc) is 3.53. The number of carbonyl (C=O) groups is 4.